The minimum Gasteiger partial charge on any atom is -0.456 e. The van der Waals surface area contributed by atoms with Crippen molar-refractivity contribution in [3.63, 3.8) is 0 Å². The number of rotatable bonds is 6. The second-order valence-electron chi connectivity index (χ2n) is 4.70. The van der Waals surface area contributed by atoms with Gasteiger partial charge in [0.05, 0.1) is 0 Å². The Balaban J connectivity index is 1.78. The summed E-state index contributed by atoms with van der Waals surface area (Å²) in [6, 6.07) is 4.81. The van der Waals surface area contributed by atoms with E-state index in [2.05, 4.69) is 21.2 Å². The van der Waals surface area contributed by atoms with Gasteiger partial charge in [0.15, 0.2) is 17.0 Å². The number of hydrogen-bond acceptors (Lipinski definition) is 6. The van der Waals surface area contributed by atoms with Gasteiger partial charge >= 0.3 is 5.97 Å². The summed E-state index contributed by atoms with van der Waals surface area (Å²) >= 11 is 4.59. The van der Waals surface area contributed by atoms with Gasteiger partial charge in [-0.25, -0.2) is 0 Å². The van der Waals surface area contributed by atoms with E-state index >= 15 is 0 Å². The molecule has 0 aliphatic rings. The van der Waals surface area contributed by atoms with Gasteiger partial charge in [-0.1, -0.05) is 0 Å². The van der Waals surface area contributed by atoms with E-state index in [0.717, 1.165) is 9.75 Å². The second-order valence-corrected chi connectivity index (χ2v) is 6.94. The molecule has 2 aromatic heterocycles. The quantitative estimate of drug-likeness (QED) is 0.596. The Bertz CT molecular complexity index is 749. The van der Waals surface area contributed by atoms with E-state index in [9.17, 15) is 14.4 Å². The van der Waals surface area contributed by atoms with E-state index in [1.54, 1.807) is 12.1 Å². The van der Waals surface area contributed by atoms with Crippen molar-refractivity contribution in [2.24, 2.45) is 0 Å². The van der Waals surface area contributed by atoms with Crippen molar-refractivity contribution in [1.29, 1.82) is 0 Å². The molecule has 2 rings (SSSR count). The lowest BCUT2D eigenvalue weighted by molar-refractivity contribution is -0.141. The highest BCUT2D eigenvalue weighted by molar-refractivity contribution is 9.10. The van der Waals surface area contributed by atoms with Gasteiger partial charge in [0.25, 0.3) is 5.91 Å². The van der Waals surface area contributed by atoms with Gasteiger partial charge in [0, 0.05) is 15.3 Å². The second kappa shape index (κ2) is 7.56. The first-order valence-corrected chi connectivity index (χ1v) is 8.27. The molecule has 1 N–H and O–H groups in total. The first-order valence-electron chi connectivity index (χ1n) is 6.66. The van der Waals surface area contributed by atoms with Crippen LogP contribution in [0.25, 0.3) is 0 Å². The largest absolute Gasteiger partial charge is 0.456 e. The van der Waals surface area contributed by atoms with Crippen molar-refractivity contribution in [3.05, 3.63) is 43.9 Å². The summed E-state index contributed by atoms with van der Waals surface area (Å²) in [6.07, 6.45) is 0. The molecule has 0 unspecified atom stereocenters. The number of amides is 1. The highest BCUT2D eigenvalue weighted by atomic mass is 79.9. The molecule has 122 valence electrons. The standard InChI is InChI=1S/C15H14BrNO5S/c1-8-5-10(9(2)23-8)11(18)7-21-14(19)6-17-15(20)12-3-4-13(16)22-12/h3-5H,6-7H2,1-2H3,(H,17,20). The van der Waals surface area contributed by atoms with Gasteiger partial charge in [-0.3, -0.25) is 14.4 Å². The Morgan fingerprint density at radius 1 is 1.30 bits per heavy atom. The monoisotopic (exact) mass is 399 g/mol. The van der Waals surface area contributed by atoms with Gasteiger partial charge in [-0.05, 0) is 48.0 Å². The third kappa shape index (κ3) is 4.77. The van der Waals surface area contributed by atoms with Crippen LogP contribution in [0.4, 0.5) is 0 Å². The van der Waals surface area contributed by atoms with E-state index in [1.165, 1.54) is 17.4 Å². The van der Waals surface area contributed by atoms with Crippen LogP contribution in [0, 0.1) is 13.8 Å². The molecule has 0 saturated carbocycles. The minimum atomic E-state index is -0.693. The average Bonchev–Trinajstić information content (AvgIpc) is 3.07. The molecule has 0 bridgehead atoms. The summed E-state index contributed by atoms with van der Waals surface area (Å²) in [7, 11) is 0. The average molecular weight is 400 g/mol. The fourth-order valence-electron chi connectivity index (χ4n) is 1.86. The van der Waals surface area contributed by atoms with E-state index in [-0.39, 0.29) is 24.7 Å². The van der Waals surface area contributed by atoms with Crippen molar-refractivity contribution in [2.45, 2.75) is 13.8 Å². The zero-order chi connectivity index (χ0) is 17.0. The summed E-state index contributed by atoms with van der Waals surface area (Å²) < 4.78 is 10.3. The molecule has 2 aromatic rings. The van der Waals surface area contributed by atoms with Crippen LogP contribution >= 0.6 is 27.3 Å². The van der Waals surface area contributed by atoms with E-state index < -0.39 is 11.9 Å². The minimum absolute atomic E-state index is 0.0742. The molecule has 0 radical (unpaired) electrons. The Hall–Kier alpha value is -1.93. The number of hydrogen-bond donors (Lipinski definition) is 1. The lowest BCUT2D eigenvalue weighted by atomic mass is 10.2. The summed E-state index contributed by atoms with van der Waals surface area (Å²) in [4.78, 5) is 37.1. The molecule has 8 heteroatoms. The van der Waals surface area contributed by atoms with Gasteiger partial charge < -0.3 is 14.5 Å². The number of halogens is 1. The number of thiophene rings is 1. The van der Waals surface area contributed by atoms with Crippen molar-refractivity contribution in [3.8, 4) is 0 Å². The lowest BCUT2D eigenvalue weighted by Gasteiger charge is -2.05. The van der Waals surface area contributed by atoms with Crippen LogP contribution in [0.15, 0.2) is 27.3 Å². The summed E-state index contributed by atoms with van der Waals surface area (Å²) in [6.45, 7) is 3.06. The zero-order valence-electron chi connectivity index (χ0n) is 12.5. The van der Waals surface area contributed by atoms with Gasteiger partial charge in [0.2, 0.25) is 5.78 Å². The molecule has 0 aromatic carbocycles. The number of ether oxygens (including phenoxy) is 1. The van der Waals surface area contributed by atoms with E-state index in [1.807, 2.05) is 13.8 Å². The number of carbonyl (C=O) groups excluding carboxylic acids is 3. The molecule has 23 heavy (non-hydrogen) atoms. The molecule has 0 aliphatic heterocycles. The van der Waals surface area contributed by atoms with Crippen LogP contribution in [0.1, 0.15) is 30.7 Å². The fourth-order valence-corrected chi connectivity index (χ4v) is 3.11. The normalized spacial score (nSPS) is 10.4. The Kier molecular flexibility index (Phi) is 5.73. The van der Waals surface area contributed by atoms with Crippen LogP contribution in [0.3, 0.4) is 0 Å². The number of carbonyl (C=O) groups is 3. The van der Waals surface area contributed by atoms with Crippen LogP contribution in [-0.2, 0) is 9.53 Å². The van der Waals surface area contributed by atoms with Gasteiger partial charge in [-0.15, -0.1) is 11.3 Å². The number of aryl methyl sites for hydroxylation is 2. The van der Waals surface area contributed by atoms with Crippen LogP contribution in [0.5, 0.6) is 0 Å². The maximum Gasteiger partial charge on any atom is 0.325 e. The summed E-state index contributed by atoms with van der Waals surface area (Å²) in [5.41, 5.74) is 0.560. The van der Waals surface area contributed by atoms with Crippen LogP contribution in [0.2, 0.25) is 0 Å². The third-order valence-electron chi connectivity index (χ3n) is 2.90. The first-order chi connectivity index (χ1) is 10.9. The Labute approximate surface area is 144 Å². The summed E-state index contributed by atoms with van der Waals surface area (Å²) in [5, 5.41) is 2.35. The molecule has 1 amide bonds. The molecule has 0 atom stereocenters. The van der Waals surface area contributed by atoms with Crippen molar-refractivity contribution in [2.75, 3.05) is 13.2 Å². The Morgan fingerprint density at radius 3 is 2.61 bits per heavy atom. The Morgan fingerprint density at radius 2 is 2.04 bits per heavy atom. The first kappa shape index (κ1) is 17.4. The van der Waals surface area contributed by atoms with Crippen LogP contribution in [-0.4, -0.2) is 30.8 Å². The molecule has 6 nitrogen and oxygen atoms in total. The van der Waals surface area contributed by atoms with Gasteiger partial charge in [0.1, 0.15) is 6.54 Å². The maximum atomic E-state index is 12.0. The third-order valence-corrected chi connectivity index (χ3v) is 4.29. The SMILES string of the molecule is Cc1cc(C(=O)COC(=O)CNC(=O)c2ccc(Br)o2)c(C)s1. The van der Waals surface area contributed by atoms with Crippen molar-refractivity contribution in [1.82, 2.24) is 5.32 Å². The smallest absolute Gasteiger partial charge is 0.325 e. The molecule has 0 spiro atoms. The number of ketones is 1. The molecule has 0 saturated heterocycles. The van der Waals surface area contributed by atoms with Crippen LogP contribution < -0.4 is 5.32 Å². The fraction of sp³-hybridized carbons (Fsp3) is 0.267. The molecule has 0 aliphatic carbocycles. The predicted molar refractivity (Wildman–Crippen MR) is 87.8 cm³/mol. The van der Waals surface area contributed by atoms with E-state index in [4.69, 9.17) is 9.15 Å². The molecule has 0 fully saturated rings. The van der Waals surface area contributed by atoms with Crippen molar-refractivity contribution >= 4 is 44.9 Å². The highest BCUT2D eigenvalue weighted by Crippen LogP contribution is 2.21. The molecular weight excluding hydrogens is 386 g/mol. The zero-order valence-corrected chi connectivity index (χ0v) is 14.9. The maximum absolute atomic E-state index is 12.0. The van der Waals surface area contributed by atoms with E-state index in [0.29, 0.717) is 10.2 Å². The number of nitrogens with one attached hydrogen (secondary N) is 1. The number of Topliss-reactive ketones (excluding diaryl/α,β-unsaturated/α-hetero) is 1. The predicted octanol–water partition coefficient (Wildman–Crippen LogP) is 2.88. The molecular formula is C15H14BrNO5S. The topological polar surface area (TPSA) is 85.6 Å². The van der Waals surface area contributed by atoms with Gasteiger partial charge in [-0.2, -0.15) is 0 Å². The van der Waals surface area contributed by atoms with Crippen molar-refractivity contribution < 1.29 is 23.5 Å². The molecule has 2 heterocycles. The lowest BCUT2D eigenvalue weighted by Crippen LogP contribution is -2.31. The number of esters is 1. The summed E-state index contributed by atoms with van der Waals surface area (Å²) in [5.74, 6) is -1.42. The number of furan rings is 1. The highest BCUT2D eigenvalue weighted by Gasteiger charge is 2.16.